The molecule has 9 heteroatoms. The summed E-state index contributed by atoms with van der Waals surface area (Å²) in [6.07, 6.45) is 4.01. The summed E-state index contributed by atoms with van der Waals surface area (Å²) in [6, 6.07) is 5.55. The molecule has 1 aromatic heterocycles. The maximum absolute atomic E-state index is 13.0. The highest BCUT2D eigenvalue weighted by atomic mass is 35.5. The standard InChI is InChI=1S/C22H26ClN5O3/c1-3-13-6-4-5-9-28(13)22-26-19-18(21(31)27-22)14(11-17(29)25-19)20(30)24-16-8-7-12(2)10-15(16)23/h7-8,10,13-14H,3-6,9,11H2,1-2H3,(H,24,30)(H2,25,26,27,29,31)/t13-,14+/m0/s1. The second-order valence-corrected chi connectivity index (χ2v) is 8.59. The molecule has 1 fully saturated rings. The summed E-state index contributed by atoms with van der Waals surface area (Å²) in [5.41, 5.74) is 1.16. The number of halogens is 1. The number of hydrogen-bond donors (Lipinski definition) is 3. The molecule has 1 saturated heterocycles. The normalized spacial score (nSPS) is 20.7. The lowest BCUT2D eigenvalue weighted by Crippen LogP contribution is -2.43. The summed E-state index contributed by atoms with van der Waals surface area (Å²) in [5, 5.41) is 5.82. The Kier molecular flexibility index (Phi) is 6.00. The van der Waals surface area contributed by atoms with Gasteiger partial charge >= 0.3 is 0 Å². The molecular weight excluding hydrogens is 418 g/mol. The minimum absolute atomic E-state index is 0.131. The molecular formula is C22H26ClN5O3. The Morgan fingerprint density at radius 2 is 2.13 bits per heavy atom. The number of nitrogens with zero attached hydrogens (tertiary/aromatic N) is 2. The zero-order chi connectivity index (χ0) is 22.1. The Hall–Kier alpha value is -2.87. The van der Waals surface area contributed by atoms with Gasteiger partial charge in [-0.1, -0.05) is 24.6 Å². The first-order valence-corrected chi connectivity index (χ1v) is 11.0. The summed E-state index contributed by atoms with van der Waals surface area (Å²) in [5.74, 6) is -1.16. The van der Waals surface area contributed by atoms with Gasteiger partial charge in [0.2, 0.25) is 17.8 Å². The molecule has 31 heavy (non-hydrogen) atoms. The van der Waals surface area contributed by atoms with Crippen LogP contribution in [0.4, 0.5) is 17.5 Å². The molecule has 0 radical (unpaired) electrons. The van der Waals surface area contributed by atoms with Gasteiger partial charge in [-0.15, -0.1) is 0 Å². The smallest absolute Gasteiger partial charge is 0.258 e. The van der Waals surface area contributed by atoms with Crippen LogP contribution in [0.15, 0.2) is 23.0 Å². The molecule has 0 saturated carbocycles. The highest BCUT2D eigenvalue weighted by molar-refractivity contribution is 6.33. The maximum atomic E-state index is 13.0. The van der Waals surface area contributed by atoms with Crippen LogP contribution in [0.3, 0.4) is 0 Å². The van der Waals surface area contributed by atoms with Crippen LogP contribution < -0.4 is 21.1 Å². The molecule has 0 unspecified atom stereocenters. The van der Waals surface area contributed by atoms with Crippen LogP contribution in [0.5, 0.6) is 0 Å². The Morgan fingerprint density at radius 3 is 2.87 bits per heavy atom. The SMILES string of the molecule is CC[C@H]1CCCCN1c1nc2c(c(=O)[nH]1)[C@H](C(=O)Nc1ccc(C)cc1Cl)CC(=O)N2. The number of benzene rings is 1. The molecule has 2 amide bonds. The van der Waals surface area contributed by atoms with Gasteiger partial charge in [0, 0.05) is 19.0 Å². The largest absolute Gasteiger partial charge is 0.339 e. The van der Waals surface area contributed by atoms with Gasteiger partial charge in [0.05, 0.1) is 22.2 Å². The molecule has 0 bridgehead atoms. The molecule has 0 spiro atoms. The van der Waals surface area contributed by atoms with Crippen LogP contribution >= 0.6 is 11.6 Å². The van der Waals surface area contributed by atoms with E-state index < -0.39 is 17.4 Å². The Balaban J connectivity index is 1.66. The summed E-state index contributed by atoms with van der Waals surface area (Å²) < 4.78 is 0. The number of nitrogens with one attached hydrogen (secondary N) is 3. The van der Waals surface area contributed by atoms with Crippen LogP contribution in [-0.4, -0.2) is 34.4 Å². The number of aromatic amines is 1. The quantitative estimate of drug-likeness (QED) is 0.669. The van der Waals surface area contributed by atoms with Crippen molar-refractivity contribution in [2.45, 2.75) is 57.9 Å². The van der Waals surface area contributed by atoms with Gasteiger partial charge < -0.3 is 15.5 Å². The molecule has 3 heterocycles. The minimum Gasteiger partial charge on any atom is -0.339 e. The second-order valence-electron chi connectivity index (χ2n) is 8.18. The number of hydrogen-bond acceptors (Lipinski definition) is 5. The van der Waals surface area contributed by atoms with E-state index in [1.165, 1.54) is 0 Å². The summed E-state index contributed by atoms with van der Waals surface area (Å²) in [7, 11) is 0. The minimum atomic E-state index is -0.949. The van der Waals surface area contributed by atoms with E-state index in [0.717, 1.165) is 37.8 Å². The number of H-pyrrole nitrogens is 1. The molecule has 4 rings (SSSR count). The van der Waals surface area contributed by atoms with E-state index in [4.69, 9.17) is 11.6 Å². The molecule has 3 N–H and O–H groups in total. The van der Waals surface area contributed by atoms with E-state index >= 15 is 0 Å². The molecule has 2 aliphatic heterocycles. The van der Waals surface area contributed by atoms with E-state index in [0.29, 0.717) is 16.7 Å². The first kappa shape index (κ1) is 21.4. The molecule has 1 aromatic carbocycles. The van der Waals surface area contributed by atoms with E-state index in [1.54, 1.807) is 12.1 Å². The average molecular weight is 444 g/mol. The van der Waals surface area contributed by atoms with Crippen molar-refractivity contribution >= 4 is 40.9 Å². The van der Waals surface area contributed by atoms with Crippen molar-refractivity contribution in [3.63, 3.8) is 0 Å². The van der Waals surface area contributed by atoms with Crippen molar-refractivity contribution in [3.8, 4) is 0 Å². The topological polar surface area (TPSA) is 107 Å². The fraction of sp³-hybridized carbons (Fsp3) is 0.455. The van der Waals surface area contributed by atoms with E-state index in [1.807, 2.05) is 13.0 Å². The predicted octanol–water partition coefficient (Wildman–Crippen LogP) is 3.57. The number of carbonyl (C=O) groups excluding carboxylic acids is 2. The molecule has 2 atom stereocenters. The van der Waals surface area contributed by atoms with Gasteiger partial charge in [0.15, 0.2) is 0 Å². The van der Waals surface area contributed by atoms with Gasteiger partial charge in [0.25, 0.3) is 5.56 Å². The van der Waals surface area contributed by atoms with Gasteiger partial charge in [-0.2, -0.15) is 4.98 Å². The first-order chi connectivity index (χ1) is 14.9. The van der Waals surface area contributed by atoms with Gasteiger partial charge in [-0.05, 0) is 50.3 Å². The highest BCUT2D eigenvalue weighted by Gasteiger charge is 2.36. The third-order valence-electron chi connectivity index (χ3n) is 6.01. The monoisotopic (exact) mass is 443 g/mol. The third-order valence-corrected chi connectivity index (χ3v) is 6.32. The molecule has 2 aromatic rings. The summed E-state index contributed by atoms with van der Waals surface area (Å²) in [4.78, 5) is 47.9. The number of aromatic nitrogens is 2. The van der Waals surface area contributed by atoms with Crippen LogP contribution in [-0.2, 0) is 9.59 Å². The molecule has 0 aliphatic carbocycles. The lowest BCUT2D eigenvalue weighted by Gasteiger charge is -2.36. The van der Waals surface area contributed by atoms with Crippen molar-refractivity contribution in [2.24, 2.45) is 0 Å². The number of anilines is 3. The van der Waals surface area contributed by atoms with Gasteiger partial charge in [-0.25, -0.2) is 0 Å². The van der Waals surface area contributed by atoms with E-state index in [-0.39, 0.29) is 29.8 Å². The Labute approximate surface area is 185 Å². The average Bonchev–Trinajstić information content (AvgIpc) is 2.74. The van der Waals surface area contributed by atoms with Crippen molar-refractivity contribution in [3.05, 3.63) is 44.7 Å². The fourth-order valence-corrected chi connectivity index (χ4v) is 4.65. The number of aryl methyl sites for hydroxylation is 1. The summed E-state index contributed by atoms with van der Waals surface area (Å²) in [6.45, 7) is 4.80. The third kappa shape index (κ3) is 4.30. The second kappa shape index (κ2) is 8.70. The van der Waals surface area contributed by atoms with Crippen LogP contribution in [0.1, 0.15) is 56.1 Å². The van der Waals surface area contributed by atoms with Crippen molar-refractivity contribution in [1.29, 1.82) is 0 Å². The number of fused-ring (bicyclic) bond motifs is 1. The zero-order valence-electron chi connectivity index (χ0n) is 17.6. The van der Waals surface area contributed by atoms with Crippen molar-refractivity contribution < 1.29 is 9.59 Å². The van der Waals surface area contributed by atoms with Gasteiger partial charge in [0.1, 0.15) is 5.82 Å². The Morgan fingerprint density at radius 1 is 1.32 bits per heavy atom. The number of piperidine rings is 1. The maximum Gasteiger partial charge on any atom is 0.258 e. The van der Waals surface area contributed by atoms with Crippen molar-refractivity contribution in [2.75, 3.05) is 22.1 Å². The van der Waals surface area contributed by atoms with E-state index in [2.05, 4.69) is 32.4 Å². The lowest BCUT2D eigenvalue weighted by atomic mass is 9.92. The fourth-order valence-electron chi connectivity index (χ4n) is 4.36. The zero-order valence-corrected chi connectivity index (χ0v) is 18.4. The molecule has 8 nitrogen and oxygen atoms in total. The Bertz CT molecular complexity index is 1080. The van der Waals surface area contributed by atoms with Gasteiger partial charge in [-0.3, -0.25) is 19.4 Å². The molecule has 164 valence electrons. The van der Waals surface area contributed by atoms with Crippen LogP contribution in [0.25, 0.3) is 0 Å². The highest BCUT2D eigenvalue weighted by Crippen LogP contribution is 2.32. The first-order valence-electron chi connectivity index (χ1n) is 10.6. The molecule has 2 aliphatic rings. The van der Waals surface area contributed by atoms with E-state index in [9.17, 15) is 14.4 Å². The number of carbonyl (C=O) groups is 2. The summed E-state index contributed by atoms with van der Waals surface area (Å²) >= 11 is 6.23. The number of amides is 2. The van der Waals surface area contributed by atoms with Crippen molar-refractivity contribution in [1.82, 2.24) is 9.97 Å². The van der Waals surface area contributed by atoms with Crippen LogP contribution in [0.2, 0.25) is 5.02 Å². The number of rotatable bonds is 4. The van der Waals surface area contributed by atoms with Crippen LogP contribution in [0, 0.1) is 6.92 Å². The predicted molar refractivity (Wildman–Crippen MR) is 121 cm³/mol. The lowest BCUT2D eigenvalue weighted by molar-refractivity contribution is -0.123.